The monoisotopic (exact) mass is 424 g/mol. The molecule has 134 valence electrons. The van der Waals surface area contributed by atoms with Crippen molar-refractivity contribution in [2.75, 3.05) is 19.8 Å². The lowest BCUT2D eigenvalue weighted by atomic mass is 10.1. The summed E-state index contributed by atoms with van der Waals surface area (Å²) in [6.45, 7) is 3.94. The fourth-order valence-electron chi connectivity index (χ4n) is 2.86. The molecule has 7 heteroatoms. The second-order valence-electron chi connectivity index (χ2n) is 6.07. The van der Waals surface area contributed by atoms with E-state index in [0.717, 1.165) is 41.7 Å². The Kier molecular flexibility index (Phi) is 6.09. The van der Waals surface area contributed by atoms with Gasteiger partial charge in [0.1, 0.15) is 11.4 Å². The molecule has 25 heavy (non-hydrogen) atoms. The van der Waals surface area contributed by atoms with Crippen LogP contribution in [0.5, 0.6) is 5.75 Å². The predicted octanol–water partition coefficient (Wildman–Crippen LogP) is 3.47. The number of nitrogens with one attached hydrogen (secondary N) is 1. The molecule has 0 radical (unpaired) electrons. The quantitative estimate of drug-likeness (QED) is 0.559. The van der Waals surface area contributed by atoms with Crippen molar-refractivity contribution in [2.24, 2.45) is 0 Å². The van der Waals surface area contributed by atoms with Crippen molar-refractivity contribution in [1.29, 1.82) is 0 Å². The Morgan fingerprint density at radius 3 is 3.08 bits per heavy atom. The van der Waals surface area contributed by atoms with Crippen LogP contribution in [0.1, 0.15) is 31.7 Å². The average Bonchev–Trinajstić information content (AvgIpc) is 3.19. The number of carbonyl (C=O) groups excluding carboxylic acids is 1. The van der Waals surface area contributed by atoms with E-state index < -0.39 is 0 Å². The summed E-state index contributed by atoms with van der Waals surface area (Å²) in [5, 5.41) is 3.45. The van der Waals surface area contributed by atoms with E-state index in [1.807, 2.05) is 18.2 Å². The topological polar surface area (TPSA) is 50.8 Å². The van der Waals surface area contributed by atoms with E-state index in [2.05, 4.69) is 28.2 Å². The van der Waals surface area contributed by atoms with E-state index >= 15 is 0 Å². The third-order valence-corrected chi connectivity index (χ3v) is 4.92. The van der Waals surface area contributed by atoms with Gasteiger partial charge in [-0.2, -0.15) is 0 Å². The first-order chi connectivity index (χ1) is 12.1. The molecule has 2 saturated heterocycles. The van der Waals surface area contributed by atoms with E-state index in [1.54, 1.807) is 11.0 Å². The fourth-order valence-corrected chi connectivity index (χ4v) is 3.51. The molecule has 1 N–H and O–H groups in total. The van der Waals surface area contributed by atoms with Gasteiger partial charge < -0.3 is 14.8 Å². The second-order valence-corrected chi connectivity index (χ2v) is 7.37. The number of benzene rings is 1. The summed E-state index contributed by atoms with van der Waals surface area (Å²) >= 11 is 8.80. The molecule has 5 nitrogen and oxygen atoms in total. The largest absolute Gasteiger partial charge is 0.493 e. The zero-order chi connectivity index (χ0) is 17.8. The number of hydrogen-bond donors (Lipinski definition) is 1. The molecule has 0 spiro atoms. The highest BCUT2D eigenvalue weighted by Gasteiger charge is 2.33. The highest BCUT2D eigenvalue weighted by Crippen LogP contribution is 2.27. The maximum atomic E-state index is 12.7. The van der Waals surface area contributed by atoms with Crippen LogP contribution in [0, 0.1) is 0 Å². The first-order valence-corrected chi connectivity index (χ1v) is 9.67. The van der Waals surface area contributed by atoms with Crippen LogP contribution in [0.2, 0.25) is 0 Å². The Bertz CT molecular complexity index is 702. The molecule has 0 aromatic heterocycles. The Hall–Kier alpha value is -1.44. The van der Waals surface area contributed by atoms with Gasteiger partial charge in [0.15, 0.2) is 5.11 Å². The molecule has 1 amide bonds. The molecular formula is C18H21BrN2O3S. The maximum absolute atomic E-state index is 12.7. The number of carbonyl (C=O) groups is 1. The van der Waals surface area contributed by atoms with Crippen LogP contribution in [-0.2, 0) is 9.53 Å². The minimum absolute atomic E-state index is 0.0670. The molecule has 2 aliphatic rings. The van der Waals surface area contributed by atoms with E-state index in [0.29, 0.717) is 24.0 Å². The van der Waals surface area contributed by atoms with Gasteiger partial charge in [0.05, 0.1) is 19.3 Å². The standard InChI is InChI=1S/C18H21BrN2O3S/c1-2-7-24-16-6-5-13(19)9-12(16)10-15-17(22)21(18(25)20-15)11-14-4-3-8-23-14/h5-6,9-10,14H,2-4,7-8,11H2,1H3,(H,20,25)/b15-10+. The van der Waals surface area contributed by atoms with E-state index in [1.165, 1.54) is 0 Å². The highest BCUT2D eigenvalue weighted by atomic mass is 79.9. The third kappa shape index (κ3) is 4.40. The Labute approximate surface area is 161 Å². The summed E-state index contributed by atoms with van der Waals surface area (Å²) < 4.78 is 12.3. The van der Waals surface area contributed by atoms with Gasteiger partial charge in [0.2, 0.25) is 0 Å². The van der Waals surface area contributed by atoms with Crippen molar-refractivity contribution in [3.05, 3.63) is 33.9 Å². The average molecular weight is 425 g/mol. The molecule has 0 saturated carbocycles. The van der Waals surface area contributed by atoms with Crippen molar-refractivity contribution in [3.63, 3.8) is 0 Å². The summed E-state index contributed by atoms with van der Waals surface area (Å²) in [7, 11) is 0. The summed E-state index contributed by atoms with van der Waals surface area (Å²) in [6, 6.07) is 5.75. The van der Waals surface area contributed by atoms with Crippen LogP contribution >= 0.6 is 28.1 Å². The Balaban J connectivity index is 1.80. The maximum Gasteiger partial charge on any atom is 0.276 e. The van der Waals surface area contributed by atoms with Crippen LogP contribution in [0.15, 0.2) is 28.4 Å². The highest BCUT2D eigenvalue weighted by molar-refractivity contribution is 9.10. The second kappa shape index (κ2) is 8.29. The van der Waals surface area contributed by atoms with Gasteiger partial charge in [-0.1, -0.05) is 22.9 Å². The zero-order valence-electron chi connectivity index (χ0n) is 14.1. The van der Waals surface area contributed by atoms with Crippen LogP contribution in [0.25, 0.3) is 6.08 Å². The van der Waals surface area contributed by atoms with Crippen molar-refractivity contribution in [3.8, 4) is 5.75 Å². The Morgan fingerprint density at radius 1 is 1.52 bits per heavy atom. The van der Waals surface area contributed by atoms with Crippen LogP contribution in [-0.4, -0.2) is 41.8 Å². The lowest BCUT2D eigenvalue weighted by molar-refractivity contribution is -0.123. The van der Waals surface area contributed by atoms with Gasteiger partial charge in [0, 0.05) is 16.6 Å². The molecule has 0 bridgehead atoms. The molecule has 2 heterocycles. The predicted molar refractivity (Wildman–Crippen MR) is 104 cm³/mol. The zero-order valence-corrected chi connectivity index (χ0v) is 16.5. The summed E-state index contributed by atoms with van der Waals surface area (Å²) in [6.07, 6.45) is 4.78. The SMILES string of the molecule is CCCOc1ccc(Br)cc1/C=C1/NC(=S)N(CC2CCCO2)C1=O. The summed E-state index contributed by atoms with van der Waals surface area (Å²) in [5.41, 5.74) is 1.29. The molecule has 1 atom stereocenters. The Morgan fingerprint density at radius 2 is 2.36 bits per heavy atom. The number of hydrogen-bond acceptors (Lipinski definition) is 4. The molecule has 3 rings (SSSR count). The van der Waals surface area contributed by atoms with Crippen molar-refractivity contribution < 1.29 is 14.3 Å². The van der Waals surface area contributed by atoms with Crippen LogP contribution in [0.3, 0.4) is 0 Å². The summed E-state index contributed by atoms with van der Waals surface area (Å²) in [5.74, 6) is 0.623. The summed E-state index contributed by atoms with van der Waals surface area (Å²) in [4.78, 5) is 14.3. The molecule has 2 fully saturated rings. The van der Waals surface area contributed by atoms with Crippen molar-refractivity contribution in [1.82, 2.24) is 10.2 Å². The number of ether oxygens (including phenoxy) is 2. The molecule has 1 aromatic carbocycles. The van der Waals surface area contributed by atoms with Gasteiger partial charge in [-0.15, -0.1) is 0 Å². The number of halogens is 1. The number of rotatable bonds is 6. The molecule has 2 aliphatic heterocycles. The van der Waals surface area contributed by atoms with E-state index in [4.69, 9.17) is 21.7 Å². The van der Waals surface area contributed by atoms with Crippen molar-refractivity contribution in [2.45, 2.75) is 32.3 Å². The molecular weight excluding hydrogens is 404 g/mol. The van der Waals surface area contributed by atoms with Crippen LogP contribution < -0.4 is 10.1 Å². The van der Waals surface area contributed by atoms with E-state index in [-0.39, 0.29) is 12.0 Å². The minimum atomic E-state index is -0.123. The number of amides is 1. The van der Waals surface area contributed by atoms with Gasteiger partial charge in [0.25, 0.3) is 5.91 Å². The van der Waals surface area contributed by atoms with Gasteiger partial charge in [-0.25, -0.2) is 0 Å². The number of thiocarbonyl (C=S) groups is 1. The van der Waals surface area contributed by atoms with Crippen LogP contribution in [0.4, 0.5) is 0 Å². The molecule has 1 aromatic rings. The van der Waals surface area contributed by atoms with Gasteiger partial charge >= 0.3 is 0 Å². The molecule has 1 unspecified atom stereocenters. The fraction of sp³-hybridized carbons (Fsp3) is 0.444. The minimum Gasteiger partial charge on any atom is -0.493 e. The molecule has 0 aliphatic carbocycles. The lowest BCUT2D eigenvalue weighted by Crippen LogP contribution is -2.37. The van der Waals surface area contributed by atoms with Gasteiger partial charge in [-0.3, -0.25) is 9.69 Å². The lowest BCUT2D eigenvalue weighted by Gasteiger charge is -2.18. The smallest absolute Gasteiger partial charge is 0.276 e. The normalized spacial score (nSPS) is 21.9. The first kappa shape index (κ1) is 18.4. The van der Waals surface area contributed by atoms with E-state index in [9.17, 15) is 4.79 Å². The van der Waals surface area contributed by atoms with Gasteiger partial charge in [-0.05, 0) is 55.8 Å². The van der Waals surface area contributed by atoms with Crippen molar-refractivity contribution >= 4 is 45.2 Å². The number of nitrogens with zero attached hydrogens (tertiary/aromatic N) is 1. The first-order valence-electron chi connectivity index (χ1n) is 8.47. The third-order valence-electron chi connectivity index (χ3n) is 4.11.